The molecule has 0 spiro atoms. The first-order valence-corrected chi connectivity index (χ1v) is 31.1. The molecule has 10 amide bonds. The van der Waals surface area contributed by atoms with Crippen molar-refractivity contribution in [2.24, 2.45) is 45.5 Å². The third kappa shape index (κ3) is 29.4. The van der Waals surface area contributed by atoms with Gasteiger partial charge in [0.05, 0.1) is 18.6 Å². The molecule has 0 heterocycles. The minimum Gasteiger partial charge on any atom is -0.481 e. The van der Waals surface area contributed by atoms with Crippen molar-refractivity contribution in [3.05, 3.63) is 65.7 Å². The summed E-state index contributed by atoms with van der Waals surface area (Å²) in [7, 11) is -4.99. The summed E-state index contributed by atoms with van der Waals surface area (Å²) in [4.78, 5) is 185. The molecule has 12 atom stereocenters. The van der Waals surface area contributed by atoms with Gasteiger partial charge in [0, 0.05) is 25.8 Å². The Labute approximate surface area is 531 Å². The van der Waals surface area contributed by atoms with E-state index < -0.39 is 177 Å². The largest absolute Gasteiger partial charge is 0.524 e. The average Bonchev–Trinajstić information content (AvgIpc) is 1.21. The van der Waals surface area contributed by atoms with Gasteiger partial charge < -0.3 is 96.4 Å². The monoisotopic (exact) mass is 1320 g/mol. The highest BCUT2D eigenvalue weighted by Crippen LogP contribution is 2.37. The number of nitrogens with one attached hydrogen (secondary N) is 9. The number of carbonyl (C=O) groups excluding carboxylic acids is 10. The molecule has 0 fully saturated rings. The lowest BCUT2D eigenvalue weighted by Gasteiger charge is -2.30. The van der Waals surface area contributed by atoms with Crippen molar-refractivity contribution in [3.63, 3.8) is 0 Å². The number of aliphatic hydroxyl groups is 1. The molecule has 35 heteroatoms. The highest BCUT2D eigenvalue weighted by atomic mass is 31.2. The smallest absolute Gasteiger partial charge is 0.481 e. The number of phosphoric acid groups is 1. The summed E-state index contributed by atoms with van der Waals surface area (Å²) in [5.74, 6) is -14.9. The summed E-state index contributed by atoms with van der Waals surface area (Å²) >= 11 is 0. The van der Waals surface area contributed by atoms with Crippen LogP contribution in [0.4, 0.5) is 0 Å². The molecule has 0 aliphatic carbocycles. The van der Waals surface area contributed by atoms with Crippen molar-refractivity contribution in [2.45, 2.75) is 179 Å². The standard InChI is InChI=1S/C57H90N15O19P/c1-7-30(4)45(54(84)66-36(16-11-12-24-58)48(78)70-41(28-42(59)74)52(82)69-40(26-33-14-9-8-10-15-33)51(81)67-38(56(86)87)17-13-25-63-57(61)62)71-55(85)46(32(6)73)72-49(79)37(22-23-43(75)76)65-50(80)39(27-34-18-20-35(21-19-34)91-92(88,89)90)68-47(77)31(5)64-53(83)44(60)29(2)3/h8-10,14-15,18-21,29-32,36-41,44-46,73H,7,11-13,16-17,22-28,58,60H2,1-6H3,(H2,59,74)(H,64,83)(H,65,80)(H,66,84)(H,67,81)(H,68,77)(H,69,82)(H,70,78)(H,71,85)(H,72,79)(H,75,76)(H,86,87)(H4,61,62,63)(H2,88,89,90)/t30-,31-,32+,36-,37-,38-,39-,40-,41-,44-,45-,46-/m0/s1. The number of aliphatic carboxylic acids is 2. The predicted octanol–water partition coefficient (Wildman–Crippen LogP) is -4.26. The van der Waals surface area contributed by atoms with Gasteiger partial charge in [-0.25, -0.2) is 9.36 Å². The molecular formula is C57H90N15O19P. The molecule has 512 valence electrons. The van der Waals surface area contributed by atoms with E-state index in [0.717, 1.165) is 19.1 Å². The zero-order valence-electron chi connectivity index (χ0n) is 52.1. The van der Waals surface area contributed by atoms with Crippen LogP contribution in [-0.4, -0.2) is 182 Å². The van der Waals surface area contributed by atoms with Gasteiger partial charge >= 0.3 is 19.8 Å². The van der Waals surface area contributed by atoms with Crippen LogP contribution in [0.3, 0.4) is 0 Å². The Hall–Kier alpha value is -8.82. The number of guanidine groups is 1. The zero-order valence-corrected chi connectivity index (χ0v) is 53.0. The Morgan fingerprint density at radius 2 is 1.02 bits per heavy atom. The topological polar surface area (TPSA) is 583 Å². The van der Waals surface area contributed by atoms with E-state index in [2.05, 4.69) is 57.4 Å². The van der Waals surface area contributed by atoms with E-state index in [0.29, 0.717) is 12.0 Å². The van der Waals surface area contributed by atoms with E-state index in [1.807, 2.05) is 0 Å². The molecule has 0 aliphatic rings. The maximum absolute atomic E-state index is 14.4. The van der Waals surface area contributed by atoms with Gasteiger partial charge in [0.25, 0.3) is 0 Å². The van der Waals surface area contributed by atoms with Gasteiger partial charge in [0.1, 0.15) is 60.1 Å². The Morgan fingerprint density at radius 3 is 1.53 bits per heavy atom. The number of benzene rings is 2. The summed E-state index contributed by atoms with van der Waals surface area (Å²) in [6.45, 7) is 9.06. The fourth-order valence-corrected chi connectivity index (χ4v) is 9.12. The van der Waals surface area contributed by atoms with Gasteiger partial charge in [-0.15, -0.1) is 0 Å². The number of rotatable bonds is 42. The molecule has 0 unspecified atom stereocenters. The number of hydrogen-bond donors (Lipinski definition) is 19. The molecule has 0 aliphatic heterocycles. The number of amides is 10. The third-order valence-corrected chi connectivity index (χ3v) is 14.7. The van der Waals surface area contributed by atoms with Crippen molar-refractivity contribution in [1.29, 1.82) is 0 Å². The lowest BCUT2D eigenvalue weighted by Crippen LogP contribution is -2.63. The van der Waals surface area contributed by atoms with Gasteiger partial charge in [-0.2, -0.15) is 0 Å². The van der Waals surface area contributed by atoms with Crippen LogP contribution < -0.4 is 81.0 Å². The number of aliphatic hydroxyl groups excluding tert-OH is 1. The number of carboxylic acid groups (broad SMARTS) is 2. The molecule has 0 aromatic heterocycles. The first-order chi connectivity index (χ1) is 43.1. The maximum Gasteiger partial charge on any atom is 0.524 e. The summed E-state index contributed by atoms with van der Waals surface area (Å²) < 4.78 is 16.0. The van der Waals surface area contributed by atoms with Crippen LogP contribution >= 0.6 is 7.82 Å². The van der Waals surface area contributed by atoms with Crippen molar-refractivity contribution >= 4 is 84.8 Å². The Kier molecular flexibility index (Phi) is 34.0. The van der Waals surface area contributed by atoms with Crippen LogP contribution in [0.5, 0.6) is 5.75 Å². The molecule has 2 rings (SSSR count). The molecule has 34 nitrogen and oxygen atoms in total. The van der Waals surface area contributed by atoms with Crippen molar-refractivity contribution < 1.29 is 91.7 Å². The Morgan fingerprint density at radius 1 is 0.554 bits per heavy atom. The van der Waals surface area contributed by atoms with Crippen LogP contribution in [0, 0.1) is 11.8 Å². The number of carbonyl (C=O) groups is 12. The van der Waals surface area contributed by atoms with Crippen LogP contribution in [0.15, 0.2) is 59.6 Å². The SMILES string of the molecule is CC[C@H](C)[C@H](NC(=O)[C@@H](NC(=O)[C@H](CCC(=O)O)NC(=O)[C@H](Cc1ccc(OP(=O)(O)O)cc1)NC(=O)[C@H](C)NC(=O)[C@@H](N)C(C)C)[C@@H](C)O)C(=O)N[C@@H](CCCCN)C(=O)N[C@@H](CC(N)=O)C(=O)N[C@@H](Cc1ccccc1)C(=O)N[C@@H](CCCN=C(N)N)C(=O)O. The number of nitrogens with two attached hydrogens (primary N) is 5. The molecule has 0 saturated heterocycles. The minimum absolute atomic E-state index is 0.0393. The quantitative estimate of drug-likeness (QED) is 0.0130. The van der Waals surface area contributed by atoms with Crippen molar-refractivity contribution in [1.82, 2.24) is 47.9 Å². The number of aliphatic imine (C=N–C) groups is 1. The summed E-state index contributed by atoms with van der Waals surface area (Å²) in [6.07, 6.45) is -4.10. The van der Waals surface area contributed by atoms with Gasteiger partial charge in [-0.1, -0.05) is 76.6 Å². The van der Waals surface area contributed by atoms with Gasteiger partial charge in [-0.05, 0) is 94.0 Å². The second-order valence-electron chi connectivity index (χ2n) is 22.3. The number of unbranched alkanes of at least 4 members (excludes halogenated alkanes) is 1. The molecule has 2 aromatic carbocycles. The van der Waals surface area contributed by atoms with Gasteiger partial charge in [0.2, 0.25) is 59.1 Å². The van der Waals surface area contributed by atoms with E-state index >= 15 is 0 Å². The van der Waals surface area contributed by atoms with Crippen molar-refractivity contribution in [2.75, 3.05) is 13.1 Å². The van der Waals surface area contributed by atoms with Gasteiger partial charge in [-0.3, -0.25) is 67.5 Å². The maximum atomic E-state index is 14.4. The second-order valence-corrected chi connectivity index (χ2v) is 23.4. The lowest BCUT2D eigenvalue weighted by molar-refractivity contribution is -0.142. The second kappa shape index (κ2) is 39.4. The fourth-order valence-electron chi connectivity index (χ4n) is 8.73. The summed E-state index contributed by atoms with van der Waals surface area (Å²) in [5.41, 5.74) is 28.7. The van der Waals surface area contributed by atoms with Crippen LogP contribution in [0.2, 0.25) is 0 Å². The molecule has 0 radical (unpaired) electrons. The van der Waals surface area contributed by atoms with E-state index in [4.69, 9.17) is 28.7 Å². The third-order valence-electron chi connectivity index (χ3n) is 14.2. The molecule has 92 heavy (non-hydrogen) atoms. The predicted molar refractivity (Wildman–Crippen MR) is 331 cm³/mol. The summed E-state index contributed by atoms with van der Waals surface area (Å²) in [6, 6.07) is -2.54. The fraction of sp³-hybridized carbons (Fsp3) is 0.561. The first-order valence-electron chi connectivity index (χ1n) is 29.6. The van der Waals surface area contributed by atoms with E-state index in [-0.39, 0.29) is 74.8 Å². The average molecular weight is 1320 g/mol. The number of primary amides is 1. The first kappa shape index (κ1) is 79.3. The highest BCUT2D eigenvalue weighted by molar-refractivity contribution is 7.46. The molecule has 2 aromatic rings. The van der Waals surface area contributed by atoms with Crippen LogP contribution in [0.1, 0.15) is 110 Å². The van der Waals surface area contributed by atoms with Gasteiger partial charge in [0.15, 0.2) is 5.96 Å². The minimum atomic E-state index is -4.99. The highest BCUT2D eigenvalue weighted by Gasteiger charge is 2.38. The number of carboxylic acids is 2. The van der Waals surface area contributed by atoms with E-state index in [9.17, 15) is 87.2 Å². The Balaban J connectivity index is 2.51. The van der Waals surface area contributed by atoms with E-state index in [1.165, 1.54) is 26.0 Å². The summed E-state index contributed by atoms with van der Waals surface area (Å²) in [5, 5.41) is 52.5. The van der Waals surface area contributed by atoms with E-state index in [1.54, 1.807) is 51.1 Å². The zero-order chi connectivity index (χ0) is 69.6. The Bertz CT molecular complexity index is 2910. The molecule has 24 N–H and O–H groups in total. The molecular weight excluding hydrogens is 1230 g/mol. The van der Waals surface area contributed by atoms with Crippen molar-refractivity contribution in [3.8, 4) is 5.75 Å². The number of hydrogen-bond acceptors (Lipinski definition) is 18. The molecule has 0 saturated carbocycles. The lowest BCUT2D eigenvalue weighted by atomic mass is 9.96. The normalized spacial score (nSPS) is 15.2. The number of phosphoric ester groups is 1. The molecule has 0 bridgehead atoms. The van der Waals surface area contributed by atoms with Crippen LogP contribution in [0.25, 0.3) is 0 Å². The number of nitrogens with zero attached hydrogens (tertiary/aromatic N) is 1. The van der Waals surface area contributed by atoms with Crippen LogP contribution in [-0.2, 0) is 74.9 Å².